The number of carbonyl (C=O) groups is 1. The molecule has 19 nitrogen and oxygen atoms in total. The molecule has 6 N–H and O–H groups in total. The lowest BCUT2D eigenvalue weighted by Gasteiger charge is -2.16. The highest BCUT2D eigenvalue weighted by molar-refractivity contribution is 5.86. The molecule has 0 amide bonds. The topological polar surface area (TPSA) is 329 Å². The molecule has 0 aliphatic heterocycles. The summed E-state index contributed by atoms with van der Waals surface area (Å²) in [4.78, 5) is 45.4. The summed E-state index contributed by atoms with van der Waals surface area (Å²) >= 11 is 0. The fourth-order valence-electron chi connectivity index (χ4n) is 6.33. The Balaban J connectivity index is 0.000000258. The minimum atomic E-state index is -0.662. The Morgan fingerprint density at radius 1 is 0.571 bits per heavy atom. The van der Waals surface area contributed by atoms with Crippen molar-refractivity contribution >= 4 is 29.6 Å². The highest BCUT2D eigenvalue weighted by Crippen LogP contribution is 2.21. The van der Waals surface area contributed by atoms with Crippen molar-refractivity contribution < 1.29 is 34.9 Å². The van der Waals surface area contributed by atoms with E-state index in [1.54, 1.807) is 6.07 Å². The van der Waals surface area contributed by atoms with E-state index in [0.29, 0.717) is 35.8 Å². The van der Waals surface area contributed by atoms with Crippen LogP contribution in [0.2, 0.25) is 0 Å². The van der Waals surface area contributed by atoms with Crippen LogP contribution in [-0.4, -0.2) is 80.5 Å². The Kier molecular flexibility index (Phi) is 24.1. The third-order valence-corrected chi connectivity index (χ3v) is 9.89. The van der Waals surface area contributed by atoms with Crippen LogP contribution in [0.1, 0.15) is 54.9 Å². The summed E-state index contributed by atoms with van der Waals surface area (Å²) in [5.74, 6) is 0. The van der Waals surface area contributed by atoms with E-state index < -0.39 is 20.8 Å². The summed E-state index contributed by atoms with van der Waals surface area (Å²) in [5.41, 5.74) is 9.90. The van der Waals surface area contributed by atoms with E-state index in [2.05, 4.69) is 10.3 Å². The van der Waals surface area contributed by atoms with Gasteiger partial charge in [0.1, 0.15) is 0 Å². The van der Waals surface area contributed by atoms with Gasteiger partial charge in [0, 0.05) is 48.6 Å². The second-order valence-electron chi connectivity index (χ2n) is 15.0. The second kappa shape index (κ2) is 30.4. The summed E-state index contributed by atoms with van der Waals surface area (Å²) in [5, 5.41) is 89.5. The Morgan fingerprint density at radius 2 is 1.00 bits per heavy atom. The van der Waals surface area contributed by atoms with Gasteiger partial charge < -0.3 is 26.4 Å². The van der Waals surface area contributed by atoms with Crippen LogP contribution >= 0.6 is 0 Å². The molecular weight excluding hydrogens is 899 g/mol. The number of nitrogens with two attached hydrogens (primary N) is 1. The van der Waals surface area contributed by atoms with Crippen molar-refractivity contribution in [1.29, 1.82) is 15.8 Å². The fourth-order valence-corrected chi connectivity index (χ4v) is 6.33. The van der Waals surface area contributed by atoms with Crippen molar-refractivity contribution in [3.8, 4) is 18.2 Å². The monoisotopic (exact) mass is 947 g/mol. The maximum atomic E-state index is 11.1. The normalized spacial score (nSPS) is 11.4. The lowest BCUT2D eigenvalue weighted by molar-refractivity contribution is -0.385. The minimum absolute atomic E-state index is 0.0344. The van der Waals surface area contributed by atoms with Gasteiger partial charge >= 0.3 is 0 Å². The van der Waals surface area contributed by atoms with Gasteiger partial charge in [0.25, 0.3) is 17.1 Å². The molecule has 19 heteroatoms. The Labute approximate surface area is 403 Å². The van der Waals surface area contributed by atoms with Crippen LogP contribution < -0.4 is 11.1 Å². The van der Waals surface area contributed by atoms with Crippen molar-refractivity contribution in [3.05, 3.63) is 226 Å². The van der Waals surface area contributed by atoms with Crippen molar-refractivity contribution in [2.45, 2.75) is 43.9 Å². The zero-order chi connectivity index (χ0) is 51.3. The molecule has 0 aliphatic carbocycles. The van der Waals surface area contributed by atoms with E-state index in [1.165, 1.54) is 60.3 Å². The number of nitrogens with zero attached hydrogens (tertiary/aromatic N) is 7. The van der Waals surface area contributed by atoms with Gasteiger partial charge in [-0.05, 0) is 72.4 Å². The molecule has 0 saturated heterocycles. The minimum Gasteiger partial charge on any atom is -0.395 e. The van der Waals surface area contributed by atoms with Crippen molar-refractivity contribution in [1.82, 2.24) is 5.32 Å². The highest BCUT2D eigenvalue weighted by Gasteiger charge is 2.17. The third-order valence-electron chi connectivity index (χ3n) is 9.89. The average Bonchev–Trinajstić information content (AvgIpc) is 3.39. The van der Waals surface area contributed by atoms with Gasteiger partial charge in [-0.2, -0.15) is 15.8 Å². The molecule has 0 radical (unpaired) electrons. The van der Waals surface area contributed by atoms with E-state index in [9.17, 15) is 45.4 Å². The van der Waals surface area contributed by atoms with Crippen LogP contribution in [0.15, 0.2) is 151 Å². The van der Waals surface area contributed by atoms with Gasteiger partial charge in [0.15, 0.2) is 6.29 Å². The number of carbonyl (C=O) groups excluding carboxylic acids is 1. The molecule has 3 atom stereocenters. The van der Waals surface area contributed by atoms with Crippen LogP contribution in [0.5, 0.6) is 0 Å². The van der Waals surface area contributed by atoms with Gasteiger partial charge in [-0.15, -0.1) is 0 Å². The lowest BCUT2D eigenvalue weighted by Crippen LogP contribution is -2.34. The molecule has 0 fully saturated rings. The predicted molar refractivity (Wildman–Crippen MR) is 261 cm³/mol. The zero-order valence-corrected chi connectivity index (χ0v) is 37.6. The van der Waals surface area contributed by atoms with E-state index in [-0.39, 0.29) is 72.2 Å². The number of benzene rings is 6. The first-order valence-corrected chi connectivity index (χ1v) is 21.3. The number of nitro groups is 3. The van der Waals surface area contributed by atoms with Gasteiger partial charge in [0.2, 0.25) is 0 Å². The quantitative estimate of drug-likeness (QED) is 0.0266. The molecule has 0 spiro atoms. The molecule has 0 aromatic heterocycles. The molecule has 0 aliphatic rings. The SMILES string of the molecule is N#Cc1ccc([N+](=O)[O-])c(C=N[C@@H](CO)Cc2ccccc2)c1.N#Cc1ccc([N+](=O)[O-])c(C=O)c1.N#Cc1ccc([N+](=O)[O-])c(CN[C@@H](CO)Cc2ccccc2)c1.N[C@@H](CO)Cc1ccccc1. The van der Waals surface area contributed by atoms with Crippen LogP contribution in [0, 0.1) is 64.3 Å². The molecule has 6 rings (SSSR count). The molecule has 6 aromatic rings. The molecule has 0 bridgehead atoms. The smallest absolute Gasteiger partial charge is 0.279 e. The van der Waals surface area contributed by atoms with E-state index in [4.69, 9.17) is 26.6 Å². The highest BCUT2D eigenvalue weighted by atomic mass is 16.6. The third kappa shape index (κ3) is 19.2. The molecule has 0 saturated carbocycles. The number of aliphatic imine (C=N–C) groups is 1. The van der Waals surface area contributed by atoms with Crippen molar-refractivity contribution in [2.24, 2.45) is 10.7 Å². The van der Waals surface area contributed by atoms with Crippen molar-refractivity contribution in [2.75, 3.05) is 19.8 Å². The van der Waals surface area contributed by atoms with Gasteiger partial charge in [-0.3, -0.25) is 40.1 Å². The molecule has 70 heavy (non-hydrogen) atoms. The lowest BCUT2D eigenvalue weighted by atomic mass is 10.1. The Hall–Kier alpha value is -8.87. The molecular formula is C51H49N9O10. The average molecular weight is 948 g/mol. The van der Waals surface area contributed by atoms with Crippen LogP contribution in [0.3, 0.4) is 0 Å². The number of nitrogens with one attached hydrogen (secondary N) is 1. The number of nitro benzene ring substituents is 3. The van der Waals surface area contributed by atoms with E-state index >= 15 is 0 Å². The van der Waals surface area contributed by atoms with Crippen LogP contribution in [-0.2, 0) is 25.8 Å². The largest absolute Gasteiger partial charge is 0.395 e. The summed E-state index contributed by atoms with van der Waals surface area (Å²) in [6, 6.07) is 46.1. The van der Waals surface area contributed by atoms with Crippen molar-refractivity contribution in [3.63, 3.8) is 0 Å². The predicted octanol–water partition coefficient (Wildman–Crippen LogP) is 6.48. The second-order valence-corrected chi connectivity index (χ2v) is 15.0. The number of hydrogen-bond donors (Lipinski definition) is 5. The summed E-state index contributed by atoms with van der Waals surface area (Å²) in [7, 11) is 0. The maximum absolute atomic E-state index is 11.1. The summed E-state index contributed by atoms with van der Waals surface area (Å²) < 4.78 is 0. The van der Waals surface area contributed by atoms with Crippen LogP contribution in [0.4, 0.5) is 17.1 Å². The van der Waals surface area contributed by atoms with E-state index in [0.717, 1.165) is 23.6 Å². The van der Waals surface area contributed by atoms with E-state index in [1.807, 2.05) is 103 Å². The molecule has 6 aromatic carbocycles. The van der Waals surface area contributed by atoms with Crippen LogP contribution in [0.25, 0.3) is 0 Å². The number of rotatable bonds is 18. The molecule has 0 heterocycles. The number of aldehydes is 1. The number of nitriles is 3. The summed E-state index contributed by atoms with van der Waals surface area (Å²) in [6.45, 7) is 0.0105. The van der Waals surface area contributed by atoms with Gasteiger partial charge in [-0.1, -0.05) is 91.0 Å². The zero-order valence-electron chi connectivity index (χ0n) is 37.6. The number of aliphatic hydroxyl groups is 3. The molecule has 358 valence electrons. The number of hydrogen-bond acceptors (Lipinski definition) is 16. The first-order valence-electron chi connectivity index (χ1n) is 21.3. The Morgan fingerprint density at radius 3 is 1.43 bits per heavy atom. The van der Waals surface area contributed by atoms with Gasteiger partial charge in [0.05, 0.1) is 86.7 Å². The first-order chi connectivity index (χ1) is 33.8. The maximum Gasteiger partial charge on any atom is 0.279 e. The Bertz CT molecular complexity index is 2800. The fraction of sp³-hybridized carbons (Fsp3) is 0.196. The number of aliphatic hydroxyl groups excluding tert-OH is 3. The summed E-state index contributed by atoms with van der Waals surface area (Å²) in [6.07, 6.45) is 3.60. The van der Waals surface area contributed by atoms with Gasteiger partial charge in [-0.25, -0.2) is 0 Å². The first kappa shape index (κ1) is 55.5. The standard InChI is InChI=1S/C17H17N3O3.C17H15N3O3.C9H13NO.C8H4N2O3/c2*18-10-14-6-7-17(20(22)23)15(8-14)11-19-16(12-21)9-13-4-2-1-3-5-13;10-9(7-11)6-8-4-2-1-3-5-8;9-4-6-1-2-8(10(12)13)7(3-6)5-11/h1-8,16,19,21H,9,11-12H2;1-8,11,16,21H,9,12H2;1-5,9,11H,6-7,10H2;1-3,5H/t2*16-;9-;/m111./s1. The molecule has 0 unspecified atom stereocenters.